The van der Waals surface area contributed by atoms with Crippen LogP contribution in [0.4, 0.5) is 8.78 Å². The molecule has 0 bridgehead atoms. The van der Waals surface area contributed by atoms with Crippen LogP contribution >= 0.6 is 0 Å². The second-order valence-electron chi connectivity index (χ2n) is 6.60. The predicted octanol–water partition coefficient (Wildman–Crippen LogP) is 4.10. The Kier molecular flexibility index (Phi) is 5.87. The van der Waals surface area contributed by atoms with Crippen molar-refractivity contribution < 1.29 is 23.0 Å². The molecule has 7 heteroatoms. The zero-order chi connectivity index (χ0) is 21.1. The van der Waals surface area contributed by atoms with Crippen LogP contribution in [0, 0.1) is 18.6 Å². The maximum Gasteiger partial charge on any atom is 0.250 e. The highest BCUT2D eigenvalue weighted by molar-refractivity contribution is 5.95. The summed E-state index contributed by atoms with van der Waals surface area (Å²) in [7, 11) is 3.17. The summed E-state index contributed by atoms with van der Waals surface area (Å²) in [5.41, 5.74) is 8.43. The Morgan fingerprint density at radius 3 is 2.41 bits per heavy atom. The molecule has 0 spiro atoms. The molecule has 0 saturated heterocycles. The molecule has 2 aromatic carbocycles. The van der Waals surface area contributed by atoms with E-state index in [0.29, 0.717) is 47.0 Å². The summed E-state index contributed by atoms with van der Waals surface area (Å²) in [5, 5.41) is 0. The van der Waals surface area contributed by atoms with E-state index >= 15 is 0 Å². The fraction of sp³-hybridized carbons (Fsp3) is 0.227. The number of primary amides is 1. The first-order valence-electron chi connectivity index (χ1n) is 9.02. The molecule has 2 N–H and O–H groups in total. The van der Waals surface area contributed by atoms with Crippen LogP contribution in [0.15, 0.2) is 42.5 Å². The Labute approximate surface area is 167 Å². The number of ether oxygens (including phenoxy) is 2. The number of hydrogen-bond donors (Lipinski definition) is 1. The number of aryl methyl sites for hydroxylation is 1. The largest absolute Gasteiger partial charge is 0.497 e. The number of hydrogen-bond acceptors (Lipinski definition) is 3. The van der Waals surface area contributed by atoms with Gasteiger partial charge >= 0.3 is 0 Å². The van der Waals surface area contributed by atoms with Gasteiger partial charge in [-0.1, -0.05) is 0 Å². The van der Waals surface area contributed by atoms with Crippen LogP contribution < -0.4 is 15.2 Å². The molecule has 0 fully saturated rings. The monoisotopic (exact) mass is 400 g/mol. The fourth-order valence-corrected chi connectivity index (χ4v) is 3.39. The van der Waals surface area contributed by atoms with E-state index in [-0.39, 0.29) is 0 Å². The molecule has 0 radical (unpaired) electrons. The molecule has 152 valence electrons. The van der Waals surface area contributed by atoms with Crippen molar-refractivity contribution in [1.29, 1.82) is 0 Å². The molecule has 0 saturated carbocycles. The number of nitrogens with two attached hydrogens (primary N) is 1. The fourth-order valence-electron chi connectivity index (χ4n) is 3.39. The van der Waals surface area contributed by atoms with Crippen molar-refractivity contribution in [3.05, 3.63) is 70.9 Å². The van der Waals surface area contributed by atoms with Gasteiger partial charge in [0.2, 0.25) is 0 Å². The third-order valence-electron chi connectivity index (χ3n) is 4.94. The van der Waals surface area contributed by atoms with Crippen LogP contribution in [0.2, 0.25) is 0 Å². The van der Waals surface area contributed by atoms with Gasteiger partial charge in [-0.25, -0.2) is 8.78 Å². The van der Waals surface area contributed by atoms with Crippen molar-refractivity contribution in [1.82, 2.24) is 4.57 Å². The van der Waals surface area contributed by atoms with E-state index in [1.165, 1.54) is 6.07 Å². The summed E-state index contributed by atoms with van der Waals surface area (Å²) in [4.78, 5) is 11.8. The molecule has 1 amide bonds. The molecule has 0 aliphatic heterocycles. The van der Waals surface area contributed by atoms with Gasteiger partial charge in [-0.3, -0.25) is 4.79 Å². The highest BCUT2D eigenvalue weighted by Gasteiger charge is 2.18. The first-order valence-corrected chi connectivity index (χ1v) is 9.02. The van der Waals surface area contributed by atoms with Gasteiger partial charge in [0.05, 0.1) is 19.8 Å². The Bertz CT molecular complexity index is 1060. The van der Waals surface area contributed by atoms with Crippen LogP contribution in [0.5, 0.6) is 11.5 Å². The first kappa shape index (κ1) is 20.4. The molecule has 3 aromatic rings. The van der Waals surface area contributed by atoms with Gasteiger partial charge < -0.3 is 19.8 Å². The number of methoxy groups -OCH3 is 2. The van der Waals surface area contributed by atoms with E-state index in [4.69, 9.17) is 15.2 Å². The molecular weight excluding hydrogens is 378 g/mol. The molecule has 0 aliphatic carbocycles. The predicted molar refractivity (Wildman–Crippen MR) is 106 cm³/mol. The van der Waals surface area contributed by atoms with Crippen LogP contribution in [0.25, 0.3) is 11.3 Å². The smallest absolute Gasteiger partial charge is 0.250 e. The number of halogens is 2. The van der Waals surface area contributed by atoms with Gasteiger partial charge in [0, 0.05) is 23.5 Å². The second-order valence-corrected chi connectivity index (χ2v) is 6.60. The lowest BCUT2D eigenvalue weighted by Gasteiger charge is -2.15. The maximum absolute atomic E-state index is 13.8. The van der Waals surface area contributed by atoms with Gasteiger partial charge in [-0.15, -0.1) is 0 Å². The van der Waals surface area contributed by atoms with E-state index in [0.717, 1.165) is 17.7 Å². The highest BCUT2D eigenvalue weighted by atomic mass is 19.2. The topological polar surface area (TPSA) is 66.5 Å². The lowest BCUT2D eigenvalue weighted by atomic mass is 10.1. The van der Waals surface area contributed by atoms with Crippen LogP contribution in [0.3, 0.4) is 0 Å². The van der Waals surface area contributed by atoms with Crippen LogP contribution in [0.1, 0.15) is 21.6 Å². The van der Waals surface area contributed by atoms with Crippen molar-refractivity contribution in [3.8, 4) is 22.8 Å². The van der Waals surface area contributed by atoms with E-state index < -0.39 is 17.5 Å². The van der Waals surface area contributed by atoms with Crippen molar-refractivity contribution >= 4 is 5.91 Å². The Morgan fingerprint density at radius 1 is 1.03 bits per heavy atom. The zero-order valence-electron chi connectivity index (χ0n) is 16.5. The molecule has 0 unspecified atom stereocenters. The van der Waals surface area contributed by atoms with Gasteiger partial charge in [0.15, 0.2) is 11.6 Å². The molecule has 0 aliphatic rings. The minimum absolute atomic E-state index is 0.336. The standard InChI is InChI=1S/C22H22F2N2O3/c1-13-17(22(25)27)12-20(14-4-6-18(23)19(24)11-14)26(13)9-8-15-10-16(28-2)5-7-21(15)29-3/h4-7,10-12H,8-9H2,1-3H3,(H2,25,27). The maximum atomic E-state index is 13.8. The third-order valence-corrected chi connectivity index (χ3v) is 4.94. The summed E-state index contributed by atoms with van der Waals surface area (Å²) in [6, 6.07) is 10.8. The molecular formula is C22H22F2N2O3. The number of carbonyl (C=O) groups is 1. The van der Waals surface area contributed by atoms with Gasteiger partial charge in [0.1, 0.15) is 11.5 Å². The molecule has 0 atom stereocenters. The number of rotatable bonds is 7. The summed E-state index contributed by atoms with van der Waals surface area (Å²) >= 11 is 0. The average Bonchev–Trinajstić information content (AvgIpc) is 3.04. The minimum atomic E-state index is -0.956. The number of carbonyl (C=O) groups excluding carboxylic acids is 1. The van der Waals surface area contributed by atoms with Crippen molar-refractivity contribution in [2.75, 3.05) is 14.2 Å². The van der Waals surface area contributed by atoms with Crippen molar-refractivity contribution in [2.45, 2.75) is 19.9 Å². The molecule has 5 nitrogen and oxygen atoms in total. The molecule has 1 heterocycles. The summed E-state index contributed by atoms with van der Waals surface area (Å²) in [6.07, 6.45) is 0.560. The van der Waals surface area contributed by atoms with Gasteiger partial charge in [-0.2, -0.15) is 0 Å². The second kappa shape index (κ2) is 8.34. The molecule has 1 aromatic heterocycles. The van der Waals surface area contributed by atoms with Crippen molar-refractivity contribution in [3.63, 3.8) is 0 Å². The van der Waals surface area contributed by atoms with Gasteiger partial charge in [-0.05, 0) is 61.4 Å². The summed E-state index contributed by atoms with van der Waals surface area (Å²) in [5.74, 6) is -1.06. The molecule has 29 heavy (non-hydrogen) atoms. The number of benzene rings is 2. The van der Waals surface area contributed by atoms with E-state index in [1.54, 1.807) is 33.3 Å². The third kappa shape index (κ3) is 4.08. The Hall–Kier alpha value is -3.35. The average molecular weight is 400 g/mol. The van der Waals surface area contributed by atoms with E-state index in [1.807, 2.05) is 16.7 Å². The van der Waals surface area contributed by atoms with Crippen LogP contribution in [-0.4, -0.2) is 24.7 Å². The first-order chi connectivity index (χ1) is 13.8. The number of nitrogens with zero attached hydrogens (tertiary/aromatic N) is 1. The highest BCUT2D eigenvalue weighted by Crippen LogP contribution is 2.29. The number of aromatic nitrogens is 1. The minimum Gasteiger partial charge on any atom is -0.497 e. The SMILES string of the molecule is COc1ccc(OC)c(CCn2c(-c3ccc(F)c(F)c3)cc(C(N)=O)c2C)c1. The quantitative estimate of drug-likeness (QED) is 0.649. The lowest BCUT2D eigenvalue weighted by molar-refractivity contribution is 0.0999. The van der Waals surface area contributed by atoms with Crippen molar-refractivity contribution in [2.24, 2.45) is 5.73 Å². The van der Waals surface area contributed by atoms with E-state index in [9.17, 15) is 13.6 Å². The zero-order valence-corrected chi connectivity index (χ0v) is 16.5. The molecule has 3 rings (SSSR count). The van der Waals surface area contributed by atoms with Gasteiger partial charge in [0.25, 0.3) is 5.91 Å². The Balaban J connectivity index is 2.02. The lowest BCUT2D eigenvalue weighted by Crippen LogP contribution is -2.13. The van der Waals surface area contributed by atoms with E-state index in [2.05, 4.69) is 0 Å². The summed E-state index contributed by atoms with van der Waals surface area (Å²) < 4.78 is 39.7. The number of amides is 1. The summed E-state index contributed by atoms with van der Waals surface area (Å²) in [6.45, 7) is 2.24. The normalized spacial score (nSPS) is 10.8. The van der Waals surface area contributed by atoms with Crippen LogP contribution in [-0.2, 0) is 13.0 Å². The Morgan fingerprint density at radius 2 is 1.79 bits per heavy atom.